The van der Waals surface area contributed by atoms with Crippen LogP contribution in [0.25, 0.3) is 0 Å². The van der Waals surface area contributed by atoms with E-state index in [4.69, 9.17) is 16.3 Å². The predicted octanol–water partition coefficient (Wildman–Crippen LogP) is 0.641. The SMILES string of the molecule is COc1ncc(Cl)c(N2CCN(C[C@@H](C)O)CC2)n1. The quantitative estimate of drug-likeness (QED) is 0.877. The van der Waals surface area contributed by atoms with Crippen LogP contribution in [-0.2, 0) is 0 Å². The number of halogens is 1. The summed E-state index contributed by atoms with van der Waals surface area (Å²) < 4.78 is 5.02. The van der Waals surface area contributed by atoms with Crippen molar-refractivity contribution in [2.45, 2.75) is 13.0 Å². The highest BCUT2D eigenvalue weighted by molar-refractivity contribution is 6.32. The molecule has 6 nitrogen and oxygen atoms in total. The molecule has 0 aromatic carbocycles. The van der Waals surface area contributed by atoms with E-state index in [1.807, 2.05) is 0 Å². The van der Waals surface area contributed by atoms with Crippen molar-refractivity contribution in [3.05, 3.63) is 11.2 Å². The monoisotopic (exact) mass is 286 g/mol. The molecule has 1 aliphatic heterocycles. The molecule has 0 aliphatic carbocycles. The lowest BCUT2D eigenvalue weighted by Crippen LogP contribution is -2.48. The van der Waals surface area contributed by atoms with Gasteiger partial charge in [-0.3, -0.25) is 4.90 Å². The molecule has 0 amide bonds. The largest absolute Gasteiger partial charge is 0.467 e. The van der Waals surface area contributed by atoms with Crippen LogP contribution in [0.5, 0.6) is 6.01 Å². The van der Waals surface area contributed by atoms with Crippen molar-refractivity contribution in [3.8, 4) is 6.01 Å². The smallest absolute Gasteiger partial charge is 0.318 e. The highest BCUT2D eigenvalue weighted by Gasteiger charge is 2.21. The third-order valence-corrected chi connectivity index (χ3v) is 3.35. The van der Waals surface area contributed by atoms with Crippen LogP contribution in [0.3, 0.4) is 0 Å². The molecule has 1 aromatic heterocycles. The van der Waals surface area contributed by atoms with Crippen LogP contribution in [0.4, 0.5) is 5.82 Å². The molecule has 1 N–H and O–H groups in total. The predicted molar refractivity (Wildman–Crippen MR) is 73.9 cm³/mol. The average molecular weight is 287 g/mol. The van der Waals surface area contributed by atoms with Crippen LogP contribution in [-0.4, -0.2) is 65.9 Å². The maximum atomic E-state index is 9.39. The maximum Gasteiger partial charge on any atom is 0.318 e. The van der Waals surface area contributed by atoms with Gasteiger partial charge in [0.25, 0.3) is 0 Å². The molecule has 1 aliphatic rings. The fourth-order valence-electron chi connectivity index (χ4n) is 2.18. The molecule has 0 bridgehead atoms. The zero-order chi connectivity index (χ0) is 13.8. The zero-order valence-corrected chi connectivity index (χ0v) is 12.0. The molecule has 2 heterocycles. The molecular formula is C12H19ClN4O2. The van der Waals surface area contributed by atoms with Crippen LogP contribution in [0.2, 0.25) is 5.02 Å². The first kappa shape index (κ1) is 14.3. The first-order chi connectivity index (χ1) is 9.10. The number of ether oxygens (including phenoxy) is 1. The average Bonchev–Trinajstić information content (AvgIpc) is 2.40. The Bertz CT molecular complexity index is 422. The Morgan fingerprint density at radius 2 is 2.11 bits per heavy atom. The van der Waals surface area contributed by atoms with Gasteiger partial charge in [-0.1, -0.05) is 11.6 Å². The summed E-state index contributed by atoms with van der Waals surface area (Å²) in [5.41, 5.74) is 0. The van der Waals surface area contributed by atoms with Gasteiger partial charge in [0.05, 0.1) is 19.4 Å². The molecule has 0 spiro atoms. The van der Waals surface area contributed by atoms with E-state index in [9.17, 15) is 5.11 Å². The van der Waals surface area contributed by atoms with Crippen molar-refractivity contribution in [3.63, 3.8) is 0 Å². The van der Waals surface area contributed by atoms with Gasteiger partial charge in [0.2, 0.25) is 0 Å². The molecule has 0 saturated carbocycles. The molecule has 1 fully saturated rings. The third-order valence-electron chi connectivity index (χ3n) is 3.08. The van der Waals surface area contributed by atoms with E-state index in [1.54, 1.807) is 13.1 Å². The Morgan fingerprint density at radius 3 is 2.68 bits per heavy atom. The van der Waals surface area contributed by atoms with Crippen LogP contribution < -0.4 is 9.64 Å². The molecular weight excluding hydrogens is 268 g/mol. The van der Waals surface area contributed by atoms with E-state index >= 15 is 0 Å². The number of hydrogen-bond donors (Lipinski definition) is 1. The van der Waals surface area contributed by atoms with E-state index in [0.717, 1.165) is 26.2 Å². The Labute approximate surface area is 118 Å². The normalized spacial score (nSPS) is 18.4. The minimum Gasteiger partial charge on any atom is -0.467 e. The van der Waals surface area contributed by atoms with Gasteiger partial charge >= 0.3 is 6.01 Å². The lowest BCUT2D eigenvalue weighted by atomic mass is 10.2. The number of rotatable bonds is 4. The highest BCUT2D eigenvalue weighted by Crippen LogP contribution is 2.25. The Morgan fingerprint density at radius 1 is 1.42 bits per heavy atom. The van der Waals surface area contributed by atoms with Gasteiger partial charge in [-0.25, -0.2) is 4.98 Å². The molecule has 1 atom stereocenters. The van der Waals surface area contributed by atoms with Crippen molar-refractivity contribution in [1.29, 1.82) is 0 Å². The second kappa shape index (κ2) is 6.36. The van der Waals surface area contributed by atoms with Gasteiger partial charge in [-0.05, 0) is 6.92 Å². The summed E-state index contributed by atoms with van der Waals surface area (Å²) in [7, 11) is 1.54. The number of hydrogen-bond acceptors (Lipinski definition) is 6. The molecule has 0 radical (unpaired) electrons. The Kier molecular flexibility index (Phi) is 4.79. The van der Waals surface area contributed by atoms with Crippen molar-refractivity contribution in [2.75, 3.05) is 44.7 Å². The summed E-state index contributed by atoms with van der Waals surface area (Å²) >= 11 is 6.13. The molecule has 106 valence electrons. The van der Waals surface area contributed by atoms with Crippen molar-refractivity contribution in [1.82, 2.24) is 14.9 Å². The number of anilines is 1. The van der Waals surface area contributed by atoms with E-state index in [1.165, 1.54) is 7.11 Å². The summed E-state index contributed by atoms with van der Waals surface area (Å²) in [5, 5.41) is 9.92. The molecule has 1 saturated heterocycles. The topological polar surface area (TPSA) is 61.7 Å². The molecule has 0 unspecified atom stereocenters. The first-order valence-corrected chi connectivity index (χ1v) is 6.70. The second-order valence-corrected chi connectivity index (χ2v) is 5.07. The summed E-state index contributed by atoms with van der Waals surface area (Å²) in [6, 6.07) is 0.325. The number of nitrogens with zero attached hydrogens (tertiary/aromatic N) is 4. The number of methoxy groups -OCH3 is 1. The highest BCUT2D eigenvalue weighted by atomic mass is 35.5. The van der Waals surface area contributed by atoms with Gasteiger partial charge in [0, 0.05) is 32.7 Å². The van der Waals surface area contributed by atoms with Gasteiger partial charge < -0.3 is 14.7 Å². The maximum absolute atomic E-state index is 9.39. The van der Waals surface area contributed by atoms with E-state index in [2.05, 4.69) is 19.8 Å². The fourth-order valence-corrected chi connectivity index (χ4v) is 2.39. The van der Waals surface area contributed by atoms with E-state index < -0.39 is 0 Å². The summed E-state index contributed by atoms with van der Waals surface area (Å²) in [6.07, 6.45) is 1.26. The minimum atomic E-state index is -0.297. The summed E-state index contributed by atoms with van der Waals surface area (Å²) in [6.45, 7) is 5.92. The number of aromatic nitrogens is 2. The Balaban J connectivity index is 2.01. The van der Waals surface area contributed by atoms with Crippen LogP contribution in [0.15, 0.2) is 6.20 Å². The molecule has 1 aromatic rings. The standard InChI is InChI=1S/C12H19ClN4O2/c1-9(18)8-16-3-5-17(6-4-16)11-10(13)7-14-12(15-11)19-2/h7,9,18H,3-6,8H2,1-2H3/t9-/m1/s1. The minimum absolute atomic E-state index is 0.297. The van der Waals surface area contributed by atoms with Crippen LogP contribution >= 0.6 is 11.6 Å². The van der Waals surface area contributed by atoms with Gasteiger partial charge in [0.15, 0.2) is 5.82 Å². The van der Waals surface area contributed by atoms with Gasteiger partial charge in [-0.2, -0.15) is 4.98 Å². The Hall–Kier alpha value is -1.11. The summed E-state index contributed by atoms with van der Waals surface area (Å²) in [5.74, 6) is 0.713. The van der Waals surface area contributed by atoms with Crippen LogP contribution in [0, 0.1) is 0 Å². The number of aliphatic hydroxyl groups excluding tert-OH is 1. The van der Waals surface area contributed by atoms with Gasteiger partial charge in [-0.15, -0.1) is 0 Å². The van der Waals surface area contributed by atoms with Gasteiger partial charge in [0.1, 0.15) is 5.02 Å². The first-order valence-electron chi connectivity index (χ1n) is 6.32. The lowest BCUT2D eigenvalue weighted by Gasteiger charge is -2.36. The second-order valence-electron chi connectivity index (χ2n) is 4.66. The number of piperazine rings is 1. The van der Waals surface area contributed by atoms with E-state index in [-0.39, 0.29) is 6.10 Å². The van der Waals surface area contributed by atoms with Crippen molar-refractivity contribution in [2.24, 2.45) is 0 Å². The van der Waals surface area contributed by atoms with Crippen molar-refractivity contribution < 1.29 is 9.84 Å². The number of aliphatic hydroxyl groups is 1. The molecule has 7 heteroatoms. The summed E-state index contributed by atoms with van der Waals surface area (Å²) in [4.78, 5) is 12.6. The third kappa shape index (κ3) is 3.68. The molecule has 19 heavy (non-hydrogen) atoms. The van der Waals surface area contributed by atoms with E-state index in [0.29, 0.717) is 23.4 Å². The lowest BCUT2D eigenvalue weighted by molar-refractivity contribution is 0.122. The number of β-amino-alcohol motifs (C(OH)–C–C–N with tert-alkyl or cyclic N) is 1. The molecule has 2 rings (SSSR count). The zero-order valence-electron chi connectivity index (χ0n) is 11.2. The van der Waals surface area contributed by atoms with Crippen molar-refractivity contribution >= 4 is 17.4 Å². The van der Waals surface area contributed by atoms with Crippen LogP contribution in [0.1, 0.15) is 6.92 Å². The fraction of sp³-hybridized carbons (Fsp3) is 0.667.